The molecule has 0 amide bonds. The van der Waals surface area contributed by atoms with E-state index in [4.69, 9.17) is 9.47 Å². The zero-order valence-corrected chi connectivity index (χ0v) is 14.3. The summed E-state index contributed by atoms with van der Waals surface area (Å²) in [6, 6.07) is 11.8. The number of methoxy groups -OCH3 is 2. The van der Waals surface area contributed by atoms with Crippen LogP contribution in [0.15, 0.2) is 42.7 Å². The van der Waals surface area contributed by atoms with Crippen LogP contribution in [0.2, 0.25) is 0 Å². The molecule has 2 aromatic carbocycles. The number of para-hydroxylation sites is 1. The number of benzene rings is 2. The van der Waals surface area contributed by atoms with Crippen molar-refractivity contribution >= 4 is 45.0 Å². The fourth-order valence-electron chi connectivity index (χ4n) is 2.17. The summed E-state index contributed by atoms with van der Waals surface area (Å²) in [5.41, 5.74) is 1.79. The number of rotatable bonds is 4. The molecular formula is C16H14IN3O2. The van der Waals surface area contributed by atoms with Gasteiger partial charge in [0.15, 0.2) is 11.5 Å². The van der Waals surface area contributed by atoms with Gasteiger partial charge in [0.1, 0.15) is 12.1 Å². The van der Waals surface area contributed by atoms with Crippen molar-refractivity contribution < 1.29 is 9.47 Å². The Bertz CT molecular complexity index is 824. The molecule has 0 spiro atoms. The normalized spacial score (nSPS) is 10.5. The van der Waals surface area contributed by atoms with E-state index in [0.717, 1.165) is 26.0 Å². The lowest BCUT2D eigenvalue weighted by atomic mass is 10.2. The molecule has 0 atom stereocenters. The molecule has 3 aromatic rings. The van der Waals surface area contributed by atoms with Crippen molar-refractivity contribution in [3.05, 3.63) is 46.3 Å². The van der Waals surface area contributed by atoms with Crippen molar-refractivity contribution in [1.29, 1.82) is 0 Å². The van der Waals surface area contributed by atoms with Crippen molar-refractivity contribution in [1.82, 2.24) is 9.97 Å². The molecular weight excluding hydrogens is 393 g/mol. The Balaban J connectivity index is 2.12. The third-order valence-corrected chi connectivity index (χ3v) is 4.21. The number of fused-ring (bicyclic) bond motifs is 1. The fourth-order valence-corrected chi connectivity index (χ4v) is 2.70. The molecule has 0 saturated carbocycles. The molecule has 6 heteroatoms. The topological polar surface area (TPSA) is 56.3 Å². The van der Waals surface area contributed by atoms with Gasteiger partial charge in [0.2, 0.25) is 0 Å². The van der Waals surface area contributed by atoms with Gasteiger partial charge in [-0.05, 0) is 40.8 Å². The summed E-state index contributed by atoms with van der Waals surface area (Å²) in [5, 5.41) is 4.22. The standard InChI is InChI=1S/C16H14IN3O2/c1-21-14-7-10-13(8-15(14)22-2)18-9-19-16(10)20-12-6-4-3-5-11(12)17/h3-9H,1-2H3,(H,18,19,20). The molecule has 0 fully saturated rings. The highest BCUT2D eigenvalue weighted by Gasteiger charge is 2.11. The van der Waals surface area contributed by atoms with Gasteiger partial charge < -0.3 is 14.8 Å². The van der Waals surface area contributed by atoms with E-state index >= 15 is 0 Å². The van der Waals surface area contributed by atoms with Crippen molar-refractivity contribution in [2.75, 3.05) is 19.5 Å². The highest BCUT2D eigenvalue weighted by Crippen LogP contribution is 2.34. The third-order valence-electron chi connectivity index (χ3n) is 3.27. The van der Waals surface area contributed by atoms with Gasteiger partial charge in [0.25, 0.3) is 0 Å². The summed E-state index contributed by atoms with van der Waals surface area (Å²) in [7, 11) is 3.22. The van der Waals surface area contributed by atoms with E-state index < -0.39 is 0 Å². The van der Waals surface area contributed by atoms with Gasteiger partial charge in [-0.2, -0.15) is 0 Å². The predicted octanol–water partition coefficient (Wildman–Crippen LogP) is 4.00. The number of aromatic nitrogens is 2. The van der Waals surface area contributed by atoms with E-state index in [1.807, 2.05) is 36.4 Å². The van der Waals surface area contributed by atoms with Crippen LogP contribution in [0.3, 0.4) is 0 Å². The zero-order valence-electron chi connectivity index (χ0n) is 12.1. The highest BCUT2D eigenvalue weighted by molar-refractivity contribution is 14.1. The first-order chi connectivity index (χ1) is 10.7. The maximum absolute atomic E-state index is 5.36. The molecule has 0 aliphatic rings. The van der Waals surface area contributed by atoms with Crippen molar-refractivity contribution in [3.63, 3.8) is 0 Å². The van der Waals surface area contributed by atoms with E-state index in [9.17, 15) is 0 Å². The Morgan fingerprint density at radius 2 is 1.73 bits per heavy atom. The Kier molecular flexibility index (Phi) is 4.28. The fraction of sp³-hybridized carbons (Fsp3) is 0.125. The number of hydrogen-bond donors (Lipinski definition) is 1. The molecule has 0 aliphatic carbocycles. The summed E-state index contributed by atoms with van der Waals surface area (Å²) < 4.78 is 11.8. The minimum Gasteiger partial charge on any atom is -0.493 e. The van der Waals surface area contributed by atoms with Crippen LogP contribution < -0.4 is 14.8 Å². The maximum atomic E-state index is 5.36. The molecule has 0 bridgehead atoms. The molecule has 112 valence electrons. The third kappa shape index (κ3) is 2.78. The van der Waals surface area contributed by atoms with Crippen LogP contribution >= 0.6 is 22.6 Å². The van der Waals surface area contributed by atoms with E-state index in [1.165, 1.54) is 6.33 Å². The number of ether oxygens (including phenoxy) is 2. The molecule has 3 rings (SSSR count). The van der Waals surface area contributed by atoms with Crippen LogP contribution in [0, 0.1) is 3.57 Å². The van der Waals surface area contributed by atoms with Crippen LogP contribution in [0.5, 0.6) is 11.5 Å². The summed E-state index contributed by atoms with van der Waals surface area (Å²) in [5.74, 6) is 2.03. The second-order valence-corrected chi connectivity index (χ2v) is 5.71. The largest absolute Gasteiger partial charge is 0.493 e. The molecule has 5 nitrogen and oxygen atoms in total. The van der Waals surface area contributed by atoms with Gasteiger partial charge in [-0.3, -0.25) is 0 Å². The average Bonchev–Trinajstić information content (AvgIpc) is 2.56. The quantitative estimate of drug-likeness (QED) is 0.663. The molecule has 0 saturated heterocycles. The van der Waals surface area contributed by atoms with Gasteiger partial charge in [0.05, 0.1) is 25.4 Å². The van der Waals surface area contributed by atoms with Crippen LogP contribution in [-0.2, 0) is 0 Å². The monoisotopic (exact) mass is 407 g/mol. The summed E-state index contributed by atoms with van der Waals surface area (Å²) >= 11 is 2.29. The number of nitrogens with one attached hydrogen (secondary N) is 1. The Morgan fingerprint density at radius 3 is 2.45 bits per heavy atom. The first kappa shape index (κ1) is 14.8. The second kappa shape index (κ2) is 6.35. The molecule has 0 aliphatic heterocycles. The first-order valence-electron chi connectivity index (χ1n) is 6.61. The SMILES string of the molecule is COc1cc2ncnc(Nc3ccccc3I)c2cc1OC. The second-order valence-electron chi connectivity index (χ2n) is 4.55. The van der Waals surface area contributed by atoms with Crippen LogP contribution in [0.4, 0.5) is 11.5 Å². The molecule has 0 radical (unpaired) electrons. The molecule has 0 unspecified atom stereocenters. The lowest BCUT2D eigenvalue weighted by Crippen LogP contribution is -1.99. The predicted molar refractivity (Wildman–Crippen MR) is 95.1 cm³/mol. The minimum atomic E-state index is 0.647. The Morgan fingerprint density at radius 1 is 1.00 bits per heavy atom. The molecule has 1 heterocycles. The number of anilines is 2. The smallest absolute Gasteiger partial charge is 0.162 e. The van der Waals surface area contributed by atoms with Gasteiger partial charge >= 0.3 is 0 Å². The average molecular weight is 407 g/mol. The van der Waals surface area contributed by atoms with Crippen molar-refractivity contribution in [2.45, 2.75) is 0 Å². The molecule has 1 aromatic heterocycles. The van der Waals surface area contributed by atoms with Gasteiger partial charge in [-0.25, -0.2) is 9.97 Å². The molecule has 1 N–H and O–H groups in total. The Hall–Kier alpha value is -2.09. The number of nitrogens with zero attached hydrogens (tertiary/aromatic N) is 2. The Labute approximate surface area is 141 Å². The van der Waals surface area contributed by atoms with Gasteiger partial charge in [-0.1, -0.05) is 12.1 Å². The summed E-state index contributed by atoms with van der Waals surface area (Å²) in [4.78, 5) is 8.65. The van der Waals surface area contributed by atoms with E-state index in [1.54, 1.807) is 14.2 Å². The van der Waals surface area contributed by atoms with E-state index in [2.05, 4.69) is 37.9 Å². The van der Waals surface area contributed by atoms with Crippen LogP contribution in [0.25, 0.3) is 10.9 Å². The van der Waals surface area contributed by atoms with E-state index in [-0.39, 0.29) is 0 Å². The maximum Gasteiger partial charge on any atom is 0.162 e. The highest BCUT2D eigenvalue weighted by atomic mass is 127. The summed E-state index contributed by atoms with van der Waals surface area (Å²) in [6.45, 7) is 0. The van der Waals surface area contributed by atoms with Crippen molar-refractivity contribution in [3.8, 4) is 11.5 Å². The lowest BCUT2D eigenvalue weighted by Gasteiger charge is -2.12. The van der Waals surface area contributed by atoms with E-state index in [0.29, 0.717) is 11.5 Å². The van der Waals surface area contributed by atoms with Gasteiger partial charge in [-0.15, -0.1) is 0 Å². The number of hydrogen-bond acceptors (Lipinski definition) is 5. The van der Waals surface area contributed by atoms with Crippen LogP contribution in [-0.4, -0.2) is 24.2 Å². The van der Waals surface area contributed by atoms with Crippen LogP contribution in [0.1, 0.15) is 0 Å². The van der Waals surface area contributed by atoms with Gasteiger partial charge in [0, 0.05) is 15.0 Å². The molecule has 22 heavy (non-hydrogen) atoms. The first-order valence-corrected chi connectivity index (χ1v) is 7.69. The summed E-state index contributed by atoms with van der Waals surface area (Å²) in [6.07, 6.45) is 1.53. The lowest BCUT2D eigenvalue weighted by molar-refractivity contribution is 0.356. The van der Waals surface area contributed by atoms with Crippen molar-refractivity contribution in [2.24, 2.45) is 0 Å². The minimum absolute atomic E-state index is 0.647. The zero-order chi connectivity index (χ0) is 15.5. The number of halogens is 1.